The number of phenols is 1. The second-order valence-corrected chi connectivity index (χ2v) is 6.95. The molecule has 10 heteroatoms. The van der Waals surface area contributed by atoms with E-state index in [2.05, 4.69) is 21.2 Å². The lowest BCUT2D eigenvalue weighted by atomic mass is 10.1. The molecule has 4 amide bonds. The van der Waals surface area contributed by atoms with E-state index in [0.717, 1.165) is 4.90 Å². The largest absolute Gasteiger partial charge is 0.503 e. The van der Waals surface area contributed by atoms with E-state index >= 15 is 0 Å². The number of anilines is 1. The van der Waals surface area contributed by atoms with Crippen molar-refractivity contribution < 1.29 is 34.1 Å². The van der Waals surface area contributed by atoms with Crippen LogP contribution in [0.3, 0.4) is 0 Å². The van der Waals surface area contributed by atoms with E-state index in [0.29, 0.717) is 10.0 Å². The van der Waals surface area contributed by atoms with Gasteiger partial charge in [-0.3, -0.25) is 14.9 Å². The summed E-state index contributed by atoms with van der Waals surface area (Å²) in [6.45, 7) is 2.02. The van der Waals surface area contributed by atoms with E-state index in [1.165, 1.54) is 42.5 Å². The molecule has 2 aromatic carbocycles. The number of aromatic hydroxyl groups is 1. The van der Waals surface area contributed by atoms with Crippen LogP contribution in [0.25, 0.3) is 6.08 Å². The average molecular weight is 475 g/mol. The maximum absolute atomic E-state index is 12.9. The van der Waals surface area contributed by atoms with Crippen molar-refractivity contribution in [3.8, 4) is 11.5 Å². The molecule has 1 heterocycles. The number of barbiturate groups is 1. The average Bonchev–Trinajstić information content (AvgIpc) is 2.69. The van der Waals surface area contributed by atoms with E-state index < -0.39 is 23.8 Å². The molecule has 0 bridgehead atoms. The lowest BCUT2D eigenvalue weighted by Gasteiger charge is -2.26. The van der Waals surface area contributed by atoms with Crippen molar-refractivity contribution in [2.45, 2.75) is 6.92 Å². The lowest BCUT2D eigenvalue weighted by Crippen LogP contribution is -2.54. The summed E-state index contributed by atoms with van der Waals surface area (Å²) in [6, 6.07) is 7.03. The predicted octanol–water partition coefficient (Wildman–Crippen LogP) is 2.92. The van der Waals surface area contributed by atoms with Crippen LogP contribution >= 0.6 is 15.9 Å². The van der Waals surface area contributed by atoms with Gasteiger partial charge in [0.05, 0.1) is 22.3 Å². The summed E-state index contributed by atoms with van der Waals surface area (Å²) >= 11 is 3.18. The Bertz CT molecular complexity index is 1090. The number of aromatic carboxylic acids is 1. The minimum absolute atomic E-state index is 0.0205. The fourth-order valence-corrected chi connectivity index (χ4v) is 3.21. The van der Waals surface area contributed by atoms with Gasteiger partial charge in [0.1, 0.15) is 5.57 Å². The first-order valence-corrected chi connectivity index (χ1v) is 9.42. The summed E-state index contributed by atoms with van der Waals surface area (Å²) in [7, 11) is 0. The van der Waals surface area contributed by atoms with Crippen molar-refractivity contribution in [1.82, 2.24) is 5.32 Å². The maximum atomic E-state index is 12.9. The molecule has 3 N–H and O–H groups in total. The van der Waals surface area contributed by atoms with Crippen molar-refractivity contribution in [3.63, 3.8) is 0 Å². The van der Waals surface area contributed by atoms with Crippen LogP contribution in [-0.4, -0.2) is 40.6 Å². The van der Waals surface area contributed by atoms with Crippen molar-refractivity contribution >= 4 is 51.5 Å². The molecule has 154 valence electrons. The Morgan fingerprint density at radius 3 is 2.47 bits per heavy atom. The SMILES string of the molecule is CCOc1cc(/C=C2\C(=O)NC(=O)N(c3ccc(C(=O)O)cc3)C2=O)cc(Br)c1O. The normalized spacial score (nSPS) is 15.3. The van der Waals surface area contributed by atoms with Gasteiger partial charge in [-0.15, -0.1) is 0 Å². The number of carbonyl (C=O) groups is 4. The highest BCUT2D eigenvalue weighted by molar-refractivity contribution is 9.10. The third-order valence-electron chi connectivity index (χ3n) is 4.14. The number of ether oxygens (including phenoxy) is 1. The summed E-state index contributed by atoms with van der Waals surface area (Å²) in [4.78, 5) is 49.2. The number of benzene rings is 2. The molecule has 1 aliphatic heterocycles. The van der Waals surface area contributed by atoms with Crippen LogP contribution in [0.1, 0.15) is 22.8 Å². The van der Waals surface area contributed by atoms with Gasteiger partial charge < -0.3 is 14.9 Å². The molecule has 0 unspecified atom stereocenters. The Balaban J connectivity index is 2.01. The van der Waals surface area contributed by atoms with Gasteiger partial charge in [0, 0.05) is 0 Å². The second-order valence-electron chi connectivity index (χ2n) is 6.09. The molecule has 0 spiro atoms. The standard InChI is InChI=1S/C20H15BrN2O7/c1-2-30-15-9-10(8-14(21)16(15)24)7-13-17(25)22-20(29)23(18(13)26)12-5-3-11(4-6-12)19(27)28/h3-9,24H,2H2,1H3,(H,27,28)(H,22,25,29)/b13-7+. The molecule has 1 saturated heterocycles. The van der Waals surface area contributed by atoms with Crippen LogP contribution in [0, 0.1) is 0 Å². The molecular formula is C20H15BrN2O7. The monoisotopic (exact) mass is 474 g/mol. The number of nitrogens with one attached hydrogen (secondary N) is 1. The van der Waals surface area contributed by atoms with Gasteiger partial charge in [-0.1, -0.05) is 0 Å². The van der Waals surface area contributed by atoms with E-state index in [-0.39, 0.29) is 34.9 Å². The first-order chi connectivity index (χ1) is 14.2. The number of carbonyl (C=O) groups excluding carboxylic acids is 3. The molecule has 30 heavy (non-hydrogen) atoms. The molecule has 1 fully saturated rings. The van der Waals surface area contributed by atoms with Gasteiger partial charge in [0.2, 0.25) is 0 Å². The number of halogens is 1. The number of rotatable bonds is 5. The zero-order chi connectivity index (χ0) is 22.0. The van der Waals surface area contributed by atoms with Crippen LogP contribution in [0.15, 0.2) is 46.4 Å². The highest BCUT2D eigenvalue weighted by Crippen LogP contribution is 2.36. The fourth-order valence-electron chi connectivity index (χ4n) is 2.75. The third-order valence-corrected chi connectivity index (χ3v) is 4.74. The molecule has 1 aliphatic rings. The van der Waals surface area contributed by atoms with E-state index in [4.69, 9.17) is 9.84 Å². The summed E-state index contributed by atoms with van der Waals surface area (Å²) in [5.41, 5.74) is 0.129. The van der Waals surface area contributed by atoms with Crippen LogP contribution in [0.4, 0.5) is 10.5 Å². The summed E-state index contributed by atoms with van der Waals surface area (Å²) < 4.78 is 5.62. The van der Waals surface area contributed by atoms with E-state index in [9.17, 15) is 24.3 Å². The first kappa shape index (κ1) is 21.1. The van der Waals surface area contributed by atoms with Gasteiger partial charge in [0.15, 0.2) is 11.5 Å². The number of imide groups is 2. The van der Waals surface area contributed by atoms with Crippen LogP contribution in [0.2, 0.25) is 0 Å². The van der Waals surface area contributed by atoms with Crippen molar-refractivity contribution in [1.29, 1.82) is 0 Å². The van der Waals surface area contributed by atoms with Gasteiger partial charge in [-0.25, -0.2) is 14.5 Å². The smallest absolute Gasteiger partial charge is 0.335 e. The molecule has 0 aliphatic carbocycles. The number of hydrogen-bond acceptors (Lipinski definition) is 6. The molecule has 0 aromatic heterocycles. The Morgan fingerprint density at radius 2 is 1.87 bits per heavy atom. The number of carboxylic acids is 1. The third kappa shape index (κ3) is 4.03. The van der Waals surface area contributed by atoms with Crippen LogP contribution in [0.5, 0.6) is 11.5 Å². The van der Waals surface area contributed by atoms with Crippen molar-refractivity contribution in [3.05, 3.63) is 57.6 Å². The lowest BCUT2D eigenvalue weighted by molar-refractivity contribution is -0.122. The highest BCUT2D eigenvalue weighted by atomic mass is 79.9. The highest BCUT2D eigenvalue weighted by Gasteiger charge is 2.36. The molecule has 0 radical (unpaired) electrons. The zero-order valence-corrected chi connectivity index (χ0v) is 17.1. The minimum atomic E-state index is -1.16. The van der Waals surface area contributed by atoms with Crippen molar-refractivity contribution in [2.24, 2.45) is 0 Å². The first-order valence-electron chi connectivity index (χ1n) is 8.63. The van der Waals surface area contributed by atoms with Gasteiger partial charge in [-0.05, 0) is 70.9 Å². The van der Waals surface area contributed by atoms with E-state index in [1.807, 2.05) is 0 Å². The zero-order valence-electron chi connectivity index (χ0n) is 15.5. The second kappa shape index (κ2) is 8.37. The van der Waals surface area contributed by atoms with Crippen molar-refractivity contribution in [2.75, 3.05) is 11.5 Å². The molecule has 3 rings (SSSR count). The number of amides is 4. The maximum Gasteiger partial charge on any atom is 0.335 e. The molecule has 0 atom stereocenters. The summed E-state index contributed by atoms with van der Waals surface area (Å²) in [5, 5.41) is 21.1. The number of urea groups is 1. The molecule has 9 nitrogen and oxygen atoms in total. The van der Waals surface area contributed by atoms with Crippen LogP contribution < -0.4 is 15.0 Å². The predicted molar refractivity (Wildman–Crippen MR) is 109 cm³/mol. The van der Waals surface area contributed by atoms with Crippen LogP contribution in [-0.2, 0) is 9.59 Å². The Morgan fingerprint density at radius 1 is 1.20 bits per heavy atom. The quantitative estimate of drug-likeness (QED) is 0.447. The number of hydrogen-bond donors (Lipinski definition) is 3. The summed E-state index contributed by atoms with van der Waals surface area (Å²) in [6.07, 6.45) is 1.26. The Kier molecular flexibility index (Phi) is 5.88. The topological polar surface area (TPSA) is 133 Å². The van der Waals surface area contributed by atoms with E-state index in [1.54, 1.807) is 6.92 Å². The minimum Gasteiger partial charge on any atom is -0.503 e. The molecule has 0 saturated carbocycles. The Hall–Kier alpha value is -3.66. The number of phenolic OH excluding ortho intramolecular Hbond substituents is 1. The number of nitrogens with zero attached hydrogens (tertiary/aromatic N) is 1. The number of carboxylic acid groups (broad SMARTS) is 1. The van der Waals surface area contributed by atoms with Gasteiger partial charge in [0.25, 0.3) is 11.8 Å². The molecule has 2 aromatic rings. The van der Waals surface area contributed by atoms with Gasteiger partial charge >= 0.3 is 12.0 Å². The fraction of sp³-hybridized carbons (Fsp3) is 0.100. The van der Waals surface area contributed by atoms with Gasteiger partial charge in [-0.2, -0.15) is 0 Å². The Labute approximate surface area is 178 Å². The molecular weight excluding hydrogens is 460 g/mol. The summed E-state index contributed by atoms with van der Waals surface area (Å²) in [5.74, 6) is -2.90.